The van der Waals surface area contributed by atoms with Gasteiger partial charge in [0, 0.05) is 38.6 Å². The average molecular weight is 983 g/mol. The predicted octanol–water partition coefficient (Wildman–Crippen LogP) is -39.4. The van der Waals surface area contributed by atoms with E-state index in [1.54, 1.807) is 0 Å². The molecule has 79 heavy (non-hydrogen) atoms. The van der Waals surface area contributed by atoms with E-state index in [0.717, 1.165) is 22.2 Å². The fourth-order valence-corrected chi connectivity index (χ4v) is 14.7. The molecule has 0 aliphatic rings. The van der Waals surface area contributed by atoms with Crippen LogP contribution in [0.1, 0.15) is 0 Å². The monoisotopic (exact) mass is 988 g/mol. The van der Waals surface area contributed by atoms with E-state index in [9.17, 15) is 0 Å². The van der Waals surface area contributed by atoms with Gasteiger partial charge in [-0.25, -0.2) is 4.98 Å². The maximum atomic E-state index is 5.98. The van der Waals surface area contributed by atoms with Crippen molar-refractivity contribution in [2.75, 3.05) is 0 Å². The van der Waals surface area contributed by atoms with E-state index in [0.29, 0.717) is 17.6 Å². The van der Waals surface area contributed by atoms with Gasteiger partial charge in [-0.05, 0) is 21.9 Å². The Morgan fingerprint density at radius 3 is 0.747 bits per heavy atom. The van der Waals surface area contributed by atoms with Crippen LogP contribution >= 0.6 is 0 Å². The molecule has 0 aliphatic heterocycles. The molecule has 3 heterocycles. The minimum Gasteiger partial charge on any atom is -0.309 e. The molecule has 0 aliphatic carbocycles. The molecule has 0 unspecified atom stereocenters. The number of rotatable bonds is 5. The van der Waals surface area contributed by atoms with Gasteiger partial charge in [0.25, 0.3) is 0 Å². The zero-order valence-corrected chi connectivity index (χ0v) is 53.7. The zero-order chi connectivity index (χ0) is 58.3. The molecule has 34 heteroatoms. The quantitative estimate of drug-likeness (QED) is 0.161. The van der Waals surface area contributed by atoms with Gasteiger partial charge in [0.05, 0.1) is 11.0 Å². The van der Waals surface area contributed by atoms with Gasteiger partial charge in [-0.15, -0.1) is 49.2 Å². The van der Waals surface area contributed by atoms with E-state index in [1.807, 2.05) is 0 Å². The van der Waals surface area contributed by atoms with Crippen molar-refractivity contribution in [3.8, 4) is 45.5 Å². The Morgan fingerprint density at radius 1 is 0.177 bits per heavy atom. The van der Waals surface area contributed by atoms with Crippen LogP contribution in [-0.2, 0) is 0 Å². The molecular formula is C45H58B29N5. The Kier molecular flexibility index (Phi) is 14.2. The minimum atomic E-state index is 0.641. The first kappa shape index (κ1) is 57.3. The summed E-state index contributed by atoms with van der Waals surface area (Å²) in [6.07, 6.45) is 0. The second-order valence-electron chi connectivity index (χ2n) is 24.8. The number of benzene rings is 7. The first-order valence-corrected chi connectivity index (χ1v) is 28.9. The van der Waals surface area contributed by atoms with Crippen molar-refractivity contribution in [1.82, 2.24) is 24.1 Å². The SMILES string of the molecule is Bc1c(B)c(B)c(-c2nc(-c3c(B)c(B)c(-c4c(B)c(B)c(B)c(B)c4B)c(B)c3B)nc(-n3c4c(B)c(B)c(B)c(B)c4c4c(B)c(B)c5c6c(B)c(B)c(B)c(B)c6n(-c6c(B)c(B)c(B)c(B)c6B)c5c43)n2)c(B)c1B. The molecule has 10 aromatic rings. The summed E-state index contributed by atoms with van der Waals surface area (Å²) >= 11 is 0. The van der Waals surface area contributed by atoms with Crippen molar-refractivity contribution in [2.24, 2.45) is 0 Å². The molecule has 0 amide bonds. The van der Waals surface area contributed by atoms with Gasteiger partial charge in [-0.3, -0.25) is 4.57 Å². The Balaban J connectivity index is 1.52. The molecule has 10 rings (SSSR count). The second-order valence-corrected chi connectivity index (χ2v) is 24.8. The van der Waals surface area contributed by atoms with Crippen molar-refractivity contribution in [2.45, 2.75) is 0 Å². The lowest BCUT2D eigenvalue weighted by molar-refractivity contribution is 0.958. The summed E-state index contributed by atoms with van der Waals surface area (Å²) in [4.78, 5) is 17.7. The molecule has 0 spiro atoms. The molecule has 350 valence electrons. The molecule has 0 saturated heterocycles. The number of fused-ring (bicyclic) bond motifs is 7. The zero-order valence-electron chi connectivity index (χ0n) is 53.7. The molecule has 7 aromatic carbocycles. The van der Waals surface area contributed by atoms with Gasteiger partial charge < -0.3 is 4.57 Å². The summed E-state index contributed by atoms with van der Waals surface area (Å²) in [5.74, 6) is 2.05. The number of aromatic nitrogens is 5. The topological polar surface area (TPSA) is 48.5 Å². The van der Waals surface area contributed by atoms with Crippen molar-refractivity contribution < 1.29 is 0 Å². The van der Waals surface area contributed by atoms with Crippen LogP contribution < -0.4 is 158 Å². The van der Waals surface area contributed by atoms with Crippen LogP contribution in [0, 0.1) is 0 Å². The van der Waals surface area contributed by atoms with E-state index in [1.165, 1.54) is 208 Å². The highest BCUT2D eigenvalue weighted by molar-refractivity contribution is 6.75. The number of hydrogen-bond acceptors (Lipinski definition) is 3. The highest BCUT2D eigenvalue weighted by atomic mass is 15.2. The van der Waals surface area contributed by atoms with E-state index in [2.05, 4.69) is 237 Å². The molecule has 3 aromatic heterocycles. The van der Waals surface area contributed by atoms with E-state index >= 15 is 0 Å². The first-order valence-electron chi connectivity index (χ1n) is 28.9. The van der Waals surface area contributed by atoms with Crippen molar-refractivity contribution in [3.63, 3.8) is 0 Å². The molecule has 0 radical (unpaired) electrons. The van der Waals surface area contributed by atoms with Crippen LogP contribution in [-0.4, -0.2) is 252 Å². The highest BCUT2D eigenvalue weighted by Crippen LogP contribution is 2.37. The van der Waals surface area contributed by atoms with Crippen LogP contribution in [0.25, 0.3) is 89.2 Å². The predicted molar refractivity (Wildman–Crippen MR) is 442 cm³/mol. The third-order valence-electron chi connectivity index (χ3n) is 22.0. The Morgan fingerprint density at radius 2 is 0.392 bits per heavy atom. The highest BCUT2D eigenvalue weighted by Gasteiger charge is 2.32. The van der Waals surface area contributed by atoms with E-state index in [4.69, 9.17) is 15.0 Å². The third kappa shape index (κ3) is 7.68. The van der Waals surface area contributed by atoms with E-state index < -0.39 is 0 Å². The van der Waals surface area contributed by atoms with E-state index in [-0.39, 0.29) is 0 Å². The van der Waals surface area contributed by atoms with Gasteiger partial charge in [-0.1, -0.05) is 109 Å². The summed E-state index contributed by atoms with van der Waals surface area (Å²) in [6, 6.07) is 0. The normalized spacial score (nSPS) is 11.7. The molecular weight excluding hydrogens is 924 g/mol. The molecule has 0 atom stereocenters. The van der Waals surface area contributed by atoms with Crippen LogP contribution in [0.4, 0.5) is 0 Å². The van der Waals surface area contributed by atoms with Crippen LogP contribution in [0.3, 0.4) is 0 Å². The van der Waals surface area contributed by atoms with Gasteiger partial charge in [0.2, 0.25) is 5.95 Å². The molecule has 0 N–H and O–H groups in total. The Labute approximate surface area is 495 Å². The lowest BCUT2D eigenvalue weighted by Gasteiger charge is -2.27. The molecule has 5 nitrogen and oxygen atoms in total. The van der Waals surface area contributed by atoms with Crippen molar-refractivity contribution in [1.29, 1.82) is 0 Å². The van der Waals surface area contributed by atoms with Crippen LogP contribution in [0.5, 0.6) is 0 Å². The largest absolute Gasteiger partial charge is 0.309 e. The van der Waals surface area contributed by atoms with Crippen LogP contribution in [0.2, 0.25) is 0 Å². The molecule has 0 fully saturated rings. The maximum Gasteiger partial charge on any atom is 0.238 e. The maximum absolute atomic E-state index is 5.98. The fraction of sp³-hybridized carbons (Fsp3) is 0. The first-order chi connectivity index (χ1) is 36.9. The lowest BCUT2D eigenvalue weighted by atomic mass is 9.56. The summed E-state index contributed by atoms with van der Waals surface area (Å²) < 4.78 is 5.23. The summed E-state index contributed by atoms with van der Waals surface area (Å²) in [7, 11) is 67.1. The summed E-state index contributed by atoms with van der Waals surface area (Å²) in [5, 5.41) is 5.18. The Hall–Kier alpha value is -4.97. The van der Waals surface area contributed by atoms with Gasteiger partial charge in [0.1, 0.15) is 228 Å². The third-order valence-corrected chi connectivity index (χ3v) is 22.0. The fourth-order valence-electron chi connectivity index (χ4n) is 14.7. The number of nitrogens with zero attached hydrogens (tertiary/aromatic N) is 5. The van der Waals surface area contributed by atoms with Crippen molar-refractivity contribution in [3.05, 3.63) is 0 Å². The van der Waals surface area contributed by atoms with Crippen molar-refractivity contribution >= 4 is 430 Å². The van der Waals surface area contributed by atoms with Crippen LogP contribution in [0.15, 0.2) is 0 Å². The summed E-state index contributed by atoms with van der Waals surface area (Å²) in [5.41, 5.74) is 48.7. The summed E-state index contributed by atoms with van der Waals surface area (Å²) in [6.45, 7) is 0. The standard InChI is InChI=1S/C45H58B29N5/c46-9-1(2-11(48)21(58)27(64)22(59)12(2)49)10(47)18(55)7(17(9)54)43-75-44(8-19(56)25(62)28(65)26(63)20(8)57)77-45(76-43)79-39-4(16(53)24(61)31(68)35(39)72)6-14(51)13(50)5-3-15(52)23(60)30(67)34(71)38(3)78(40(5)41(6)79)42-36(73)32(69)29(66)33(70)37(42)74/h46-74H2. The smallest absolute Gasteiger partial charge is 0.238 e. The average Bonchev–Trinajstić information content (AvgIpc) is 2.88. The Bertz CT molecular complexity index is 4430. The minimum absolute atomic E-state index is 0.641. The lowest BCUT2D eigenvalue weighted by Crippen LogP contribution is -2.57. The molecule has 0 saturated carbocycles. The van der Waals surface area contributed by atoms with Gasteiger partial charge in [0.15, 0.2) is 11.6 Å². The molecule has 0 bridgehead atoms. The second kappa shape index (κ2) is 19.6. The number of hydrogen-bond donors (Lipinski definition) is 0. The van der Waals surface area contributed by atoms with Gasteiger partial charge in [-0.2, -0.15) is 9.97 Å². The van der Waals surface area contributed by atoms with Gasteiger partial charge >= 0.3 is 0 Å².